The van der Waals surface area contributed by atoms with E-state index in [4.69, 9.17) is 9.15 Å². The van der Waals surface area contributed by atoms with Crippen molar-refractivity contribution in [2.45, 2.75) is 25.3 Å². The van der Waals surface area contributed by atoms with Crippen LogP contribution in [0.25, 0.3) is 0 Å². The minimum absolute atomic E-state index is 0.205. The molecule has 3 rings (SSSR count). The summed E-state index contributed by atoms with van der Waals surface area (Å²) in [6, 6.07) is 7.55. The number of carbonyl (C=O) groups excluding carboxylic acids is 1. The predicted molar refractivity (Wildman–Crippen MR) is 85.4 cm³/mol. The van der Waals surface area contributed by atoms with Gasteiger partial charge in [-0.3, -0.25) is 9.78 Å². The zero-order valence-electron chi connectivity index (χ0n) is 13.4. The molecule has 3 unspecified atom stereocenters. The highest BCUT2D eigenvalue weighted by molar-refractivity contribution is 5.76. The van der Waals surface area contributed by atoms with E-state index in [1.54, 1.807) is 18.7 Å². The van der Waals surface area contributed by atoms with Crippen LogP contribution in [-0.2, 0) is 15.1 Å². The molecule has 0 saturated heterocycles. The van der Waals surface area contributed by atoms with Crippen LogP contribution in [0.4, 0.5) is 0 Å². The Balaban J connectivity index is 2.15. The third-order valence-electron chi connectivity index (χ3n) is 4.46. The minimum atomic E-state index is -0.641. The third-order valence-corrected chi connectivity index (χ3v) is 4.46. The van der Waals surface area contributed by atoms with Gasteiger partial charge in [0.15, 0.2) is 0 Å². The summed E-state index contributed by atoms with van der Waals surface area (Å²) in [5, 5.41) is 3.44. The molecule has 2 aromatic rings. The Morgan fingerprint density at radius 3 is 2.83 bits per heavy atom. The van der Waals surface area contributed by atoms with Gasteiger partial charge in [0.05, 0.1) is 30.7 Å². The molecule has 120 valence electrons. The van der Waals surface area contributed by atoms with E-state index >= 15 is 0 Å². The average Bonchev–Trinajstić information content (AvgIpc) is 3.09. The first-order valence-electron chi connectivity index (χ1n) is 7.54. The molecule has 1 aliphatic rings. The number of rotatable bonds is 3. The molecule has 0 spiro atoms. The molecule has 2 aromatic heterocycles. The van der Waals surface area contributed by atoms with E-state index in [9.17, 15) is 4.79 Å². The Bertz CT molecular complexity index is 709. The zero-order chi connectivity index (χ0) is 16.4. The molecule has 3 heterocycles. The summed E-state index contributed by atoms with van der Waals surface area (Å²) in [6.07, 6.45) is 7.13. The molecule has 0 aromatic carbocycles. The lowest BCUT2D eigenvalue weighted by Gasteiger charge is -2.44. The van der Waals surface area contributed by atoms with Crippen molar-refractivity contribution >= 4 is 5.97 Å². The van der Waals surface area contributed by atoms with Crippen LogP contribution in [0.3, 0.4) is 0 Å². The number of nitrogens with one attached hydrogen (secondary N) is 1. The molecule has 0 bridgehead atoms. The van der Waals surface area contributed by atoms with Crippen LogP contribution in [0.5, 0.6) is 0 Å². The molecular formula is C18H20N2O3. The van der Waals surface area contributed by atoms with E-state index in [1.807, 2.05) is 44.2 Å². The fourth-order valence-corrected chi connectivity index (χ4v) is 3.41. The monoisotopic (exact) mass is 312 g/mol. The molecule has 1 N–H and O–H groups in total. The second-order valence-corrected chi connectivity index (χ2v) is 5.96. The van der Waals surface area contributed by atoms with Gasteiger partial charge in [-0.15, -0.1) is 0 Å². The van der Waals surface area contributed by atoms with Crippen LogP contribution in [0.2, 0.25) is 0 Å². The van der Waals surface area contributed by atoms with Gasteiger partial charge in [0, 0.05) is 18.1 Å². The van der Waals surface area contributed by atoms with Gasteiger partial charge >= 0.3 is 5.97 Å². The van der Waals surface area contributed by atoms with Gasteiger partial charge in [0.25, 0.3) is 0 Å². The summed E-state index contributed by atoms with van der Waals surface area (Å²) in [5.41, 5.74) is 1.27. The Labute approximate surface area is 135 Å². The number of hydrogen-bond acceptors (Lipinski definition) is 5. The summed E-state index contributed by atoms with van der Waals surface area (Å²) in [5.74, 6) is -0.208. The van der Waals surface area contributed by atoms with E-state index in [1.165, 1.54) is 7.11 Å². The van der Waals surface area contributed by atoms with Crippen molar-refractivity contribution in [3.8, 4) is 0 Å². The quantitative estimate of drug-likeness (QED) is 0.883. The Hall–Kier alpha value is -2.56. The summed E-state index contributed by atoms with van der Waals surface area (Å²) >= 11 is 0. The fraction of sp³-hybridized carbons (Fsp3) is 0.333. The first-order chi connectivity index (χ1) is 11.1. The SMILES string of the molecule is COC(=O)C1C(c2ccco2)C=C(C)NC1(C)c1cccnc1. The molecule has 0 amide bonds. The number of nitrogens with zero attached hydrogens (tertiary/aromatic N) is 1. The maximum atomic E-state index is 12.6. The van der Waals surface area contributed by atoms with Gasteiger partial charge in [0.2, 0.25) is 0 Å². The second-order valence-electron chi connectivity index (χ2n) is 5.96. The third kappa shape index (κ3) is 2.63. The van der Waals surface area contributed by atoms with Crippen molar-refractivity contribution in [3.05, 3.63) is 66.0 Å². The van der Waals surface area contributed by atoms with Gasteiger partial charge in [0.1, 0.15) is 5.76 Å². The van der Waals surface area contributed by atoms with Gasteiger partial charge in [-0.2, -0.15) is 0 Å². The number of ether oxygens (including phenoxy) is 1. The van der Waals surface area contributed by atoms with Crippen LogP contribution in [0.1, 0.15) is 31.1 Å². The molecule has 0 saturated carbocycles. The maximum absolute atomic E-state index is 12.6. The maximum Gasteiger partial charge on any atom is 0.312 e. The van der Waals surface area contributed by atoms with E-state index in [0.717, 1.165) is 17.0 Å². The molecule has 0 aliphatic carbocycles. The Morgan fingerprint density at radius 1 is 1.39 bits per heavy atom. The van der Waals surface area contributed by atoms with Crippen LogP contribution in [-0.4, -0.2) is 18.1 Å². The predicted octanol–water partition coefficient (Wildman–Crippen LogP) is 2.97. The number of furan rings is 1. The van der Waals surface area contributed by atoms with Gasteiger partial charge in [-0.1, -0.05) is 12.1 Å². The number of hydrogen-bond donors (Lipinski definition) is 1. The standard InChI is InChI=1S/C18H20N2O3/c1-12-10-14(15-7-5-9-23-15)16(17(21)22-3)18(2,20-12)13-6-4-8-19-11-13/h4-11,14,16,20H,1-3H3. The van der Waals surface area contributed by atoms with Crippen molar-refractivity contribution in [2.75, 3.05) is 7.11 Å². The number of allylic oxidation sites excluding steroid dienone is 2. The highest BCUT2D eigenvalue weighted by Crippen LogP contribution is 2.44. The lowest BCUT2D eigenvalue weighted by molar-refractivity contribution is -0.149. The number of pyridine rings is 1. The van der Waals surface area contributed by atoms with Crippen molar-refractivity contribution in [2.24, 2.45) is 5.92 Å². The Morgan fingerprint density at radius 2 is 2.22 bits per heavy atom. The molecule has 23 heavy (non-hydrogen) atoms. The smallest absolute Gasteiger partial charge is 0.312 e. The van der Waals surface area contributed by atoms with Crippen molar-refractivity contribution in [1.29, 1.82) is 0 Å². The van der Waals surface area contributed by atoms with E-state index in [0.29, 0.717) is 0 Å². The summed E-state index contributed by atoms with van der Waals surface area (Å²) in [4.78, 5) is 16.8. The van der Waals surface area contributed by atoms with Crippen LogP contribution in [0.15, 0.2) is 59.1 Å². The lowest BCUT2D eigenvalue weighted by Crippen LogP contribution is -2.53. The second kappa shape index (κ2) is 5.91. The first-order valence-corrected chi connectivity index (χ1v) is 7.54. The molecule has 0 radical (unpaired) electrons. The molecular weight excluding hydrogens is 292 g/mol. The highest BCUT2D eigenvalue weighted by atomic mass is 16.5. The number of carbonyl (C=O) groups is 1. The van der Waals surface area contributed by atoms with E-state index < -0.39 is 11.5 Å². The van der Waals surface area contributed by atoms with Gasteiger partial charge < -0.3 is 14.5 Å². The van der Waals surface area contributed by atoms with Crippen LogP contribution < -0.4 is 5.32 Å². The normalized spacial score (nSPS) is 27.0. The van der Waals surface area contributed by atoms with E-state index in [2.05, 4.69) is 10.3 Å². The molecule has 5 nitrogen and oxygen atoms in total. The zero-order valence-corrected chi connectivity index (χ0v) is 13.4. The number of esters is 1. The topological polar surface area (TPSA) is 64.4 Å². The fourth-order valence-electron chi connectivity index (χ4n) is 3.41. The summed E-state index contributed by atoms with van der Waals surface area (Å²) in [7, 11) is 1.41. The summed E-state index contributed by atoms with van der Waals surface area (Å²) in [6.45, 7) is 3.98. The molecule has 1 aliphatic heterocycles. The highest BCUT2D eigenvalue weighted by Gasteiger charge is 2.49. The minimum Gasteiger partial charge on any atom is -0.469 e. The molecule has 5 heteroatoms. The van der Waals surface area contributed by atoms with Crippen molar-refractivity contribution < 1.29 is 13.9 Å². The van der Waals surface area contributed by atoms with Crippen molar-refractivity contribution in [1.82, 2.24) is 10.3 Å². The Kier molecular flexibility index (Phi) is 3.94. The number of methoxy groups -OCH3 is 1. The molecule has 3 atom stereocenters. The lowest BCUT2D eigenvalue weighted by atomic mass is 9.69. The molecule has 0 fully saturated rings. The van der Waals surface area contributed by atoms with Crippen LogP contribution >= 0.6 is 0 Å². The number of aromatic nitrogens is 1. The largest absolute Gasteiger partial charge is 0.469 e. The van der Waals surface area contributed by atoms with Gasteiger partial charge in [-0.25, -0.2) is 0 Å². The average molecular weight is 312 g/mol. The summed E-state index contributed by atoms with van der Waals surface area (Å²) < 4.78 is 10.7. The first kappa shape index (κ1) is 15.3. The van der Waals surface area contributed by atoms with E-state index in [-0.39, 0.29) is 11.9 Å². The van der Waals surface area contributed by atoms with Crippen molar-refractivity contribution in [3.63, 3.8) is 0 Å². The van der Waals surface area contributed by atoms with Crippen LogP contribution in [0, 0.1) is 5.92 Å². The van der Waals surface area contributed by atoms with Gasteiger partial charge in [-0.05, 0) is 37.6 Å².